The molecule has 6 aromatic rings. The van der Waals surface area contributed by atoms with Gasteiger partial charge in [-0.05, 0) is 185 Å². The van der Waals surface area contributed by atoms with Gasteiger partial charge in [0.1, 0.15) is 23.0 Å². The Labute approximate surface area is 319 Å². The standard InChI is InChI=1S/C48H44N2O4/c1-5-51-45-29-21-41(22-30-45)49(42-23-31-46(32-24-42)52-6-2)39-17-13-37(14-18-39)11-9-10-12-38-15-19-40(20-16-38)50(43-25-33-47(34-26-43)53-7-3)44-27-35-48(36-28-44)54-8-4/h13-36H,5-8H2,1-4H3. The Balaban J connectivity index is 1.19. The van der Waals surface area contributed by atoms with Crippen molar-refractivity contribution in [2.24, 2.45) is 0 Å². The number of anilines is 6. The van der Waals surface area contributed by atoms with Gasteiger partial charge in [0.05, 0.1) is 26.4 Å². The fourth-order valence-corrected chi connectivity index (χ4v) is 5.92. The van der Waals surface area contributed by atoms with Gasteiger partial charge in [-0.3, -0.25) is 0 Å². The summed E-state index contributed by atoms with van der Waals surface area (Å²) in [7, 11) is 0. The van der Waals surface area contributed by atoms with Crippen LogP contribution in [-0.2, 0) is 0 Å². The highest BCUT2D eigenvalue weighted by atomic mass is 16.5. The summed E-state index contributed by atoms with van der Waals surface area (Å²) in [6, 6.07) is 48.8. The predicted octanol–water partition coefficient (Wildman–Crippen LogP) is 11.6. The normalized spacial score (nSPS) is 10.2. The molecule has 6 heteroatoms. The van der Waals surface area contributed by atoms with Crippen LogP contribution >= 0.6 is 0 Å². The number of benzene rings is 6. The molecule has 0 saturated heterocycles. The Hall–Kier alpha value is -6.76. The second-order valence-corrected chi connectivity index (χ2v) is 12.0. The fourth-order valence-electron chi connectivity index (χ4n) is 5.92. The molecule has 0 aliphatic carbocycles. The summed E-state index contributed by atoms with van der Waals surface area (Å²) in [6.45, 7) is 10.4. The molecule has 0 saturated carbocycles. The largest absolute Gasteiger partial charge is 0.494 e. The number of rotatable bonds is 14. The van der Waals surface area contributed by atoms with Crippen LogP contribution in [0.4, 0.5) is 34.1 Å². The topological polar surface area (TPSA) is 43.4 Å². The molecular formula is C48H44N2O4. The van der Waals surface area contributed by atoms with E-state index in [9.17, 15) is 0 Å². The molecule has 0 amide bonds. The molecule has 6 rings (SSSR count). The van der Waals surface area contributed by atoms with Gasteiger partial charge >= 0.3 is 0 Å². The van der Waals surface area contributed by atoms with Crippen molar-refractivity contribution in [1.82, 2.24) is 0 Å². The highest BCUT2D eigenvalue weighted by molar-refractivity contribution is 5.78. The summed E-state index contributed by atoms with van der Waals surface area (Å²) >= 11 is 0. The average molecular weight is 713 g/mol. The third kappa shape index (κ3) is 9.56. The van der Waals surface area contributed by atoms with Crippen LogP contribution < -0.4 is 28.7 Å². The van der Waals surface area contributed by atoms with Crippen molar-refractivity contribution in [1.29, 1.82) is 0 Å². The highest BCUT2D eigenvalue weighted by Crippen LogP contribution is 2.37. The third-order valence-electron chi connectivity index (χ3n) is 8.35. The summed E-state index contributed by atoms with van der Waals surface area (Å²) < 4.78 is 22.7. The summed E-state index contributed by atoms with van der Waals surface area (Å²) in [4.78, 5) is 4.39. The lowest BCUT2D eigenvalue weighted by atomic mass is 10.1. The number of ether oxygens (including phenoxy) is 4. The second-order valence-electron chi connectivity index (χ2n) is 12.0. The molecule has 0 aromatic heterocycles. The highest BCUT2D eigenvalue weighted by Gasteiger charge is 2.14. The average Bonchev–Trinajstić information content (AvgIpc) is 3.21. The molecule has 0 N–H and O–H groups in total. The molecule has 6 aromatic carbocycles. The monoisotopic (exact) mass is 712 g/mol. The first-order chi connectivity index (χ1) is 26.6. The lowest BCUT2D eigenvalue weighted by molar-refractivity contribution is 0.340. The molecule has 0 atom stereocenters. The smallest absolute Gasteiger partial charge is 0.119 e. The first-order valence-corrected chi connectivity index (χ1v) is 18.3. The quantitative estimate of drug-likeness (QED) is 0.105. The van der Waals surface area contributed by atoms with Crippen LogP contribution in [0.25, 0.3) is 0 Å². The van der Waals surface area contributed by atoms with Crippen molar-refractivity contribution in [3.63, 3.8) is 0 Å². The molecule has 0 aliphatic heterocycles. The van der Waals surface area contributed by atoms with Gasteiger partial charge in [0.2, 0.25) is 0 Å². The van der Waals surface area contributed by atoms with Gasteiger partial charge in [-0.15, -0.1) is 0 Å². The maximum atomic E-state index is 5.68. The summed E-state index contributed by atoms with van der Waals surface area (Å²) in [6.07, 6.45) is 0. The second kappa shape index (κ2) is 18.6. The van der Waals surface area contributed by atoms with E-state index < -0.39 is 0 Å². The molecule has 0 bridgehead atoms. The molecule has 0 heterocycles. The minimum atomic E-state index is 0.622. The van der Waals surface area contributed by atoms with Crippen molar-refractivity contribution >= 4 is 34.1 Å². The Morgan fingerprint density at radius 1 is 0.315 bits per heavy atom. The Morgan fingerprint density at radius 2 is 0.519 bits per heavy atom. The van der Waals surface area contributed by atoms with E-state index in [1.165, 1.54) is 0 Å². The number of nitrogens with zero attached hydrogens (tertiary/aromatic N) is 2. The summed E-state index contributed by atoms with van der Waals surface area (Å²) in [5.74, 6) is 15.8. The van der Waals surface area contributed by atoms with E-state index in [0.717, 1.165) is 68.2 Å². The van der Waals surface area contributed by atoms with E-state index in [0.29, 0.717) is 26.4 Å². The molecule has 270 valence electrons. The van der Waals surface area contributed by atoms with Gasteiger partial charge in [-0.25, -0.2) is 0 Å². The minimum absolute atomic E-state index is 0.622. The van der Waals surface area contributed by atoms with Crippen LogP contribution in [0.15, 0.2) is 146 Å². The maximum Gasteiger partial charge on any atom is 0.119 e. The molecule has 0 fully saturated rings. The first-order valence-electron chi connectivity index (χ1n) is 18.3. The van der Waals surface area contributed by atoms with E-state index in [4.69, 9.17) is 18.9 Å². The van der Waals surface area contributed by atoms with Gasteiger partial charge in [-0.1, -0.05) is 11.8 Å². The van der Waals surface area contributed by atoms with Gasteiger partial charge < -0.3 is 28.7 Å². The van der Waals surface area contributed by atoms with Crippen molar-refractivity contribution in [3.05, 3.63) is 157 Å². The van der Waals surface area contributed by atoms with Crippen LogP contribution in [0, 0.1) is 23.7 Å². The summed E-state index contributed by atoms with van der Waals surface area (Å²) in [5, 5.41) is 0. The zero-order valence-corrected chi connectivity index (χ0v) is 31.2. The predicted molar refractivity (Wildman–Crippen MR) is 221 cm³/mol. The molecule has 54 heavy (non-hydrogen) atoms. The lowest BCUT2D eigenvalue weighted by Gasteiger charge is -2.26. The van der Waals surface area contributed by atoms with E-state index in [1.807, 2.05) is 100 Å². The van der Waals surface area contributed by atoms with Crippen LogP contribution in [-0.4, -0.2) is 26.4 Å². The Bertz CT molecular complexity index is 1930. The van der Waals surface area contributed by atoms with E-state index in [1.54, 1.807) is 0 Å². The number of hydrogen-bond acceptors (Lipinski definition) is 6. The van der Waals surface area contributed by atoms with Gasteiger partial charge in [0.25, 0.3) is 0 Å². The Morgan fingerprint density at radius 3 is 0.722 bits per heavy atom. The van der Waals surface area contributed by atoms with Gasteiger partial charge in [0, 0.05) is 45.3 Å². The van der Waals surface area contributed by atoms with E-state index in [2.05, 4.69) is 106 Å². The molecule has 0 aliphatic rings. The van der Waals surface area contributed by atoms with E-state index in [-0.39, 0.29) is 0 Å². The third-order valence-corrected chi connectivity index (χ3v) is 8.35. The molecule has 0 radical (unpaired) electrons. The lowest BCUT2D eigenvalue weighted by Crippen LogP contribution is -2.10. The van der Waals surface area contributed by atoms with Crippen molar-refractivity contribution < 1.29 is 18.9 Å². The van der Waals surface area contributed by atoms with Crippen LogP contribution in [0.5, 0.6) is 23.0 Å². The molecular weight excluding hydrogens is 669 g/mol. The number of hydrogen-bond donors (Lipinski definition) is 0. The van der Waals surface area contributed by atoms with Crippen LogP contribution in [0.2, 0.25) is 0 Å². The fraction of sp³-hybridized carbons (Fsp3) is 0.167. The first kappa shape index (κ1) is 37.0. The van der Waals surface area contributed by atoms with E-state index >= 15 is 0 Å². The van der Waals surface area contributed by atoms with Gasteiger partial charge in [-0.2, -0.15) is 0 Å². The van der Waals surface area contributed by atoms with Crippen LogP contribution in [0.3, 0.4) is 0 Å². The SMILES string of the molecule is CCOc1ccc(N(c2ccc(C#CC#Cc3ccc(N(c4ccc(OCC)cc4)c4ccc(OCC)cc4)cc3)cc2)c2ccc(OCC)cc2)cc1. The minimum Gasteiger partial charge on any atom is -0.494 e. The Kier molecular flexibility index (Phi) is 12.8. The summed E-state index contributed by atoms with van der Waals surface area (Å²) in [5.41, 5.74) is 7.82. The molecule has 0 spiro atoms. The van der Waals surface area contributed by atoms with Crippen molar-refractivity contribution in [3.8, 4) is 46.7 Å². The van der Waals surface area contributed by atoms with Crippen LogP contribution in [0.1, 0.15) is 38.8 Å². The van der Waals surface area contributed by atoms with Crippen molar-refractivity contribution in [2.45, 2.75) is 27.7 Å². The van der Waals surface area contributed by atoms with Crippen molar-refractivity contribution in [2.75, 3.05) is 36.2 Å². The zero-order valence-electron chi connectivity index (χ0n) is 31.2. The molecule has 0 unspecified atom stereocenters. The molecule has 6 nitrogen and oxygen atoms in total. The zero-order chi connectivity index (χ0) is 37.5. The van der Waals surface area contributed by atoms with Gasteiger partial charge in [0.15, 0.2) is 0 Å². The maximum absolute atomic E-state index is 5.68.